The first-order valence-electron chi connectivity index (χ1n) is 10.4. The lowest BCUT2D eigenvalue weighted by molar-refractivity contribution is -0.121. The summed E-state index contributed by atoms with van der Waals surface area (Å²) < 4.78 is 0. The van der Waals surface area contributed by atoms with Gasteiger partial charge in [-0.25, -0.2) is 4.98 Å². The number of H-pyrrole nitrogens is 1. The molecule has 0 aliphatic carbocycles. The van der Waals surface area contributed by atoms with E-state index in [1.54, 1.807) is 41.9 Å². The molecule has 0 atom stereocenters. The summed E-state index contributed by atoms with van der Waals surface area (Å²) >= 11 is 1.64. The number of carbonyl (C=O) groups is 3. The van der Waals surface area contributed by atoms with Crippen LogP contribution in [0.15, 0.2) is 48.1 Å². The topological polar surface area (TPSA) is 95.2 Å². The minimum Gasteiger partial charge on any atom is -0.356 e. The van der Waals surface area contributed by atoms with E-state index in [2.05, 4.69) is 15.3 Å². The highest BCUT2D eigenvalue weighted by Crippen LogP contribution is 2.25. The summed E-state index contributed by atoms with van der Waals surface area (Å²) in [6.07, 6.45) is 5.00. The fourth-order valence-corrected chi connectivity index (χ4v) is 4.48. The molecule has 0 saturated carbocycles. The van der Waals surface area contributed by atoms with Crippen molar-refractivity contribution >= 4 is 29.1 Å². The highest BCUT2D eigenvalue weighted by molar-refractivity contribution is 7.13. The van der Waals surface area contributed by atoms with Crippen LogP contribution in [0.5, 0.6) is 0 Å². The lowest BCUT2D eigenvalue weighted by Crippen LogP contribution is -2.30. The van der Waals surface area contributed by atoms with Crippen LogP contribution in [0.25, 0.3) is 10.6 Å². The molecule has 3 heterocycles. The second kappa shape index (κ2) is 9.70. The SMILES string of the molecule is O=C(CCCCCN1C(=O)c2ccccc2C1=O)NCCc1[nH]cnc1-c1cccs1. The molecule has 0 spiro atoms. The average molecular weight is 437 g/mol. The quantitative estimate of drug-likeness (QED) is 0.375. The number of nitrogens with zero attached hydrogens (tertiary/aromatic N) is 2. The Morgan fingerprint density at radius 1 is 1.03 bits per heavy atom. The number of imide groups is 1. The lowest BCUT2D eigenvalue weighted by Gasteiger charge is -2.13. The number of hydrogen-bond donors (Lipinski definition) is 2. The van der Waals surface area contributed by atoms with Gasteiger partial charge >= 0.3 is 0 Å². The van der Waals surface area contributed by atoms with E-state index in [0.717, 1.165) is 29.1 Å². The maximum atomic E-state index is 12.3. The summed E-state index contributed by atoms with van der Waals surface area (Å²) in [5, 5.41) is 4.97. The number of aromatic nitrogens is 2. The van der Waals surface area contributed by atoms with E-state index >= 15 is 0 Å². The predicted molar refractivity (Wildman–Crippen MR) is 119 cm³/mol. The van der Waals surface area contributed by atoms with Crippen molar-refractivity contribution in [1.29, 1.82) is 0 Å². The van der Waals surface area contributed by atoms with Crippen LogP contribution in [0.4, 0.5) is 0 Å². The molecule has 160 valence electrons. The molecule has 1 aliphatic rings. The van der Waals surface area contributed by atoms with Gasteiger partial charge in [0.15, 0.2) is 0 Å². The number of nitrogens with one attached hydrogen (secondary N) is 2. The summed E-state index contributed by atoms with van der Waals surface area (Å²) in [5.41, 5.74) is 2.92. The minimum atomic E-state index is -0.223. The van der Waals surface area contributed by atoms with Crippen molar-refractivity contribution in [2.45, 2.75) is 32.1 Å². The molecule has 0 bridgehead atoms. The Labute approximate surface area is 184 Å². The minimum absolute atomic E-state index is 0.0120. The molecule has 0 radical (unpaired) electrons. The monoisotopic (exact) mass is 436 g/mol. The molecule has 2 N–H and O–H groups in total. The number of amides is 3. The van der Waals surface area contributed by atoms with Gasteiger partial charge in [-0.15, -0.1) is 11.3 Å². The Kier molecular flexibility index (Phi) is 6.57. The highest BCUT2D eigenvalue weighted by Gasteiger charge is 2.34. The largest absolute Gasteiger partial charge is 0.356 e. The van der Waals surface area contributed by atoms with Crippen molar-refractivity contribution in [3.05, 3.63) is 64.9 Å². The maximum absolute atomic E-state index is 12.3. The van der Waals surface area contributed by atoms with Crippen LogP contribution in [0, 0.1) is 0 Å². The van der Waals surface area contributed by atoms with E-state index in [9.17, 15) is 14.4 Å². The third kappa shape index (κ3) is 4.74. The molecule has 0 saturated heterocycles. The molecule has 3 amide bonds. The normalized spacial score (nSPS) is 13.0. The van der Waals surface area contributed by atoms with E-state index in [1.807, 2.05) is 17.5 Å². The standard InChI is InChI=1S/C23H24N4O3S/c28-20(24-12-11-18-21(26-15-25-18)19-9-6-14-31-19)10-2-1-5-13-27-22(29)16-7-3-4-8-17(16)23(27)30/h3-4,6-9,14-15H,1-2,5,10-13H2,(H,24,28)(H,25,26). The zero-order valence-electron chi connectivity index (χ0n) is 17.1. The van der Waals surface area contributed by atoms with Gasteiger partial charge in [-0.3, -0.25) is 19.3 Å². The molecule has 3 aromatic rings. The van der Waals surface area contributed by atoms with Crippen molar-refractivity contribution in [3.8, 4) is 10.6 Å². The van der Waals surface area contributed by atoms with E-state index in [4.69, 9.17) is 0 Å². The van der Waals surface area contributed by atoms with Gasteiger partial charge in [-0.05, 0) is 36.4 Å². The van der Waals surface area contributed by atoms with E-state index in [0.29, 0.717) is 43.5 Å². The Hall–Kier alpha value is -3.26. The van der Waals surface area contributed by atoms with E-state index < -0.39 is 0 Å². The van der Waals surface area contributed by atoms with Gasteiger partial charge in [0.05, 0.1) is 22.3 Å². The number of aromatic amines is 1. The van der Waals surface area contributed by atoms with E-state index in [1.165, 1.54) is 4.90 Å². The molecular formula is C23H24N4O3S. The smallest absolute Gasteiger partial charge is 0.261 e. The third-order valence-corrected chi connectivity index (χ3v) is 6.21. The maximum Gasteiger partial charge on any atom is 0.261 e. The summed E-state index contributed by atoms with van der Waals surface area (Å²) in [4.78, 5) is 46.7. The fourth-order valence-electron chi connectivity index (χ4n) is 3.73. The Balaban J connectivity index is 1.13. The van der Waals surface area contributed by atoms with Gasteiger partial charge in [0.25, 0.3) is 11.8 Å². The molecule has 0 fully saturated rings. The summed E-state index contributed by atoms with van der Waals surface area (Å²) in [7, 11) is 0. The van der Waals surface area contributed by atoms with Gasteiger partial charge in [-0.2, -0.15) is 0 Å². The second-order valence-corrected chi connectivity index (χ2v) is 8.37. The van der Waals surface area contributed by atoms with Gasteiger partial charge in [-0.1, -0.05) is 24.6 Å². The van der Waals surface area contributed by atoms with Gasteiger partial charge in [0, 0.05) is 31.6 Å². The highest BCUT2D eigenvalue weighted by atomic mass is 32.1. The van der Waals surface area contributed by atoms with Gasteiger partial charge < -0.3 is 10.3 Å². The first-order chi connectivity index (χ1) is 15.1. The Morgan fingerprint density at radius 3 is 2.52 bits per heavy atom. The first-order valence-corrected chi connectivity index (χ1v) is 11.3. The number of fused-ring (bicyclic) bond motifs is 1. The van der Waals surface area contributed by atoms with Crippen molar-refractivity contribution < 1.29 is 14.4 Å². The summed E-state index contributed by atoms with van der Waals surface area (Å²) in [6.45, 7) is 0.938. The van der Waals surface area contributed by atoms with Gasteiger partial charge in [0.1, 0.15) is 5.69 Å². The van der Waals surface area contributed by atoms with Crippen LogP contribution >= 0.6 is 11.3 Å². The number of imidazole rings is 1. The van der Waals surface area contributed by atoms with Crippen molar-refractivity contribution in [1.82, 2.24) is 20.2 Å². The van der Waals surface area contributed by atoms with Crippen molar-refractivity contribution in [2.75, 3.05) is 13.1 Å². The van der Waals surface area contributed by atoms with Crippen LogP contribution in [-0.4, -0.2) is 45.7 Å². The van der Waals surface area contributed by atoms with Gasteiger partial charge in [0.2, 0.25) is 5.91 Å². The molecule has 0 unspecified atom stereocenters. The van der Waals surface area contributed by atoms with Crippen LogP contribution in [0.2, 0.25) is 0 Å². The molecule has 8 heteroatoms. The number of carbonyl (C=O) groups excluding carboxylic acids is 3. The zero-order valence-corrected chi connectivity index (χ0v) is 17.9. The summed E-state index contributed by atoms with van der Waals surface area (Å²) in [5.74, 6) is -0.434. The lowest BCUT2D eigenvalue weighted by atomic mass is 10.1. The Bertz CT molecular complexity index is 1040. The number of hydrogen-bond acceptors (Lipinski definition) is 5. The van der Waals surface area contributed by atoms with Crippen molar-refractivity contribution in [2.24, 2.45) is 0 Å². The van der Waals surface area contributed by atoms with Crippen LogP contribution < -0.4 is 5.32 Å². The second-order valence-electron chi connectivity index (χ2n) is 7.43. The fraction of sp³-hybridized carbons (Fsp3) is 0.304. The predicted octanol–water partition coefficient (Wildman–Crippen LogP) is 3.65. The van der Waals surface area contributed by atoms with Crippen LogP contribution in [-0.2, 0) is 11.2 Å². The molecule has 4 rings (SSSR count). The number of thiophene rings is 1. The summed E-state index contributed by atoms with van der Waals surface area (Å²) in [6, 6.07) is 10.9. The average Bonchev–Trinajstić information content (AvgIpc) is 3.51. The number of unbranched alkanes of at least 4 members (excludes halogenated alkanes) is 2. The third-order valence-electron chi connectivity index (χ3n) is 5.33. The zero-order chi connectivity index (χ0) is 21.6. The molecule has 2 aromatic heterocycles. The molecule has 1 aliphatic heterocycles. The molecule has 31 heavy (non-hydrogen) atoms. The van der Waals surface area contributed by atoms with Crippen LogP contribution in [0.1, 0.15) is 52.1 Å². The number of benzene rings is 1. The molecule has 7 nitrogen and oxygen atoms in total. The molecule has 1 aromatic carbocycles. The molecular weight excluding hydrogens is 412 g/mol. The Morgan fingerprint density at radius 2 is 1.81 bits per heavy atom. The van der Waals surface area contributed by atoms with Crippen molar-refractivity contribution in [3.63, 3.8) is 0 Å². The number of rotatable bonds is 10. The van der Waals surface area contributed by atoms with Crippen LogP contribution in [0.3, 0.4) is 0 Å². The first kappa shape index (κ1) is 21.0. The van der Waals surface area contributed by atoms with E-state index in [-0.39, 0.29) is 17.7 Å².